The first kappa shape index (κ1) is 11.8. The first-order valence-corrected chi connectivity index (χ1v) is 5.03. The second kappa shape index (κ2) is 5.01. The van der Waals surface area contributed by atoms with Crippen LogP contribution < -0.4 is 0 Å². The van der Waals surface area contributed by atoms with E-state index in [4.69, 9.17) is 0 Å². The van der Waals surface area contributed by atoms with Crippen molar-refractivity contribution in [2.75, 3.05) is 0 Å². The summed E-state index contributed by atoms with van der Waals surface area (Å²) in [4.78, 5) is 11.6. The van der Waals surface area contributed by atoms with Gasteiger partial charge in [0.2, 0.25) is 0 Å². The third-order valence-corrected chi connectivity index (χ3v) is 2.47. The Morgan fingerprint density at radius 2 is 1.87 bits per heavy atom. The highest BCUT2D eigenvalue weighted by molar-refractivity contribution is 5.96. The van der Waals surface area contributed by atoms with Gasteiger partial charge in [0.05, 0.1) is 5.56 Å². The highest BCUT2D eigenvalue weighted by Crippen LogP contribution is 2.17. The van der Waals surface area contributed by atoms with Crippen molar-refractivity contribution in [1.82, 2.24) is 0 Å². The van der Waals surface area contributed by atoms with Crippen LogP contribution in [0.15, 0.2) is 18.2 Å². The van der Waals surface area contributed by atoms with Gasteiger partial charge in [-0.1, -0.05) is 26.3 Å². The Balaban J connectivity index is 2.91. The Bertz CT molecular complexity index is 340. The zero-order chi connectivity index (χ0) is 11.4. The highest BCUT2D eigenvalue weighted by atomic mass is 19.1. The molecule has 0 spiro atoms. The van der Waals surface area contributed by atoms with E-state index in [0.29, 0.717) is 0 Å². The summed E-state index contributed by atoms with van der Waals surface area (Å²) in [6.07, 6.45) is 1.01. The van der Waals surface area contributed by atoms with Crippen molar-refractivity contribution in [3.05, 3.63) is 35.4 Å². The maximum Gasteiger partial charge on any atom is 0.169 e. The molecule has 0 N–H and O–H groups in total. The first-order chi connectivity index (χ1) is 7.06. The number of hydrogen-bond acceptors (Lipinski definition) is 1. The van der Waals surface area contributed by atoms with Crippen LogP contribution in [0.3, 0.4) is 0 Å². The molecule has 0 heterocycles. The van der Waals surface area contributed by atoms with Gasteiger partial charge in [-0.3, -0.25) is 4.79 Å². The lowest BCUT2D eigenvalue weighted by atomic mass is 9.97. The lowest BCUT2D eigenvalue weighted by molar-refractivity contribution is 0.0955. The summed E-state index contributed by atoms with van der Waals surface area (Å²) < 4.78 is 26.4. The van der Waals surface area contributed by atoms with Crippen LogP contribution in [-0.4, -0.2) is 5.78 Å². The van der Waals surface area contributed by atoms with Gasteiger partial charge in [-0.2, -0.15) is 0 Å². The van der Waals surface area contributed by atoms with Gasteiger partial charge >= 0.3 is 0 Å². The number of ketones is 1. The maximum atomic E-state index is 13.2. The summed E-state index contributed by atoms with van der Waals surface area (Å²) in [6, 6.07) is 3.46. The van der Waals surface area contributed by atoms with Crippen LogP contribution in [0.1, 0.15) is 37.0 Å². The first-order valence-electron chi connectivity index (χ1n) is 5.03. The zero-order valence-electron chi connectivity index (χ0n) is 8.89. The molecule has 0 aromatic heterocycles. The molecule has 0 saturated heterocycles. The minimum atomic E-state index is -0.775. The Morgan fingerprint density at radius 3 is 2.33 bits per heavy atom. The van der Waals surface area contributed by atoms with E-state index >= 15 is 0 Å². The van der Waals surface area contributed by atoms with Gasteiger partial charge in [0.1, 0.15) is 11.6 Å². The molecule has 0 fully saturated rings. The van der Waals surface area contributed by atoms with E-state index in [1.165, 1.54) is 6.07 Å². The van der Waals surface area contributed by atoms with Gasteiger partial charge in [0, 0.05) is 6.42 Å². The Hall–Kier alpha value is -1.25. The summed E-state index contributed by atoms with van der Waals surface area (Å²) in [7, 11) is 0. The van der Waals surface area contributed by atoms with Crippen LogP contribution in [0, 0.1) is 17.6 Å². The van der Waals surface area contributed by atoms with E-state index in [9.17, 15) is 13.6 Å². The van der Waals surface area contributed by atoms with E-state index in [2.05, 4.69) is 0 Å². The summed E-state index contributed by atoms with van der Waals surface area (Å²) in [5.74, 6) is -1.86. The average molecular weight is 212 g/mol. The van der Waals surface area contributed by atoms with Crippen molar-refractivity contribution < 1.29 is 13.6 Å². The van der Waals surface area contributed by atoms with Gasteiger partial charge in [-0.15, -0.1) is 0 Å². The molecular formula is C12H14F2O. The summed E-state index contributed by atoms with van der Waals surface area (Å²) in [5, 5.41) is 0. The number of benzene rings is 1. The second-order valence-electron chi connectivity index (χ2n) is 3.74. The third-order valence-electron chi connectivity index (χ3n) is 2.47. The Morgan fingerprint density at radius 1 is 1.33 bits per heavy atom. The van der Waals surface area contributed by atoms with Crippen LogP contribution in [-0.2, 0) is 0 Å². The minimum absolute atomic E-state index is 0.150. The zero-order valence-corrected chi connectivity index (χ0v) is 8.89. The molecule has 1 aromatic rings. The molecule has 1 atom stereocenters. The quantitative estimate of drug-likeness (QED) is 0.697. The molecule has 0 bridgehead atoms. The molecule has 15 heavy (non-hydrogen) atoms. The fourth-order valence-electron chi connectivity index (χ4n) is 1.33. The fourth-order valence-corrected chi connectivity index (χ4v) is 1.33. The highest BCUT2D eigenvalue weighted by Gasteiger charge is 2.18. The molecule has 1 rings (SSSR count). The molecule has 0 radical (unpaired) electrons. The van der Waals surface area contributed by atoms with Crippen molar-refractivity contribution in [1.29, 1.82) is 0 Å². The largest absolute Gasteiger partial charge is 0.294 e. The van der Waals surface area contributed by atoms with Crippen molar-refractivity contribution in [2.24, 2.45) is 5.92 Å². The monoisotopic (exact) mass is 212 g/mol. The topological polar surface area (TPSA) is 17.1 Å². The molecule has 1 unspecified atom stereocenters. The standard InChI is InChI=1S/C12H14F2O/c1-3-8(2)7-11(15)12-9(13)5-4-6-10(12)14/h4-6,8H,3,7H2,1-2H3. The lowest BCUT2D eigenvalue weighted by Gasteiger charge is -2.08. The Kier molecular flexibility index (Phi) is 3.95. The normalized spacial score (nSPS) is 12.5. The molecule has 0 aliphatic rings. The summed E-state index contributed by atoms with van der Waals surface area (Å²) in [6.45, 7) is 3.83. The van der Waals surface area contributed by atoms with Crippen molar-refractivity contribution >= 4 is 5.78 Å². The number of carbonyl (C=O) groups is 1. The number of halogens is 2. The number of rotatable bonds is 4. The number of carbonyl (C=O) groups excluding carboxylic acids is 1. The fraction of sp³-hybridized carbons (Fsp3) is 0.417. The predicted molar refractivity (Wildman–Crippen MR) is 54.8 cm³/mol. The van der Waals surface area contributed by atoms with Crippen LogP contribution >= 0.6 is 0 Å². The maximum absolute atomic E-state index is 13.2. The van der Waals surface area contributed by atoms with Gasteiger partial charge in [-0.25, -0.2) is 8.78 Å². The molecule has 1 aromatic carbocycles. The van der Waals surface area contributed by atoms with Crippen LogP contribution in [0.5, 0.6) is 0 Å². The van der Waals surface area contributed by atoms with Crippen molar-refractivity contribution in [2.45, 2.75) is 26.7 Å². The van der Waals surface area contributed by atoms with Crippen LogP contribution in [0.2, 0.25) is 0 Å². The molecule has 0 aliphatic carbocycles. The molecule has 0 aliphatic heterocycles. The van der Waals surface area contributed by atoms with Gasteiger partial charge < -0.3 is 0 Å². The van der Waals surface area contributed by atoms with E-state index < -0.39 is 23.0 Å². The average Bonchev–Trinajstić information content (AvgIpc) is 2.17. The van der Waals surface area contributed by atoms with Crippen molar-refractivity contribution in [3.8, 4) is 0 Å². The molecular weight excluding hydrogens is 198 g/mol. The molecule has 82 valence electrons. The minimum Gasteiger partial charge on any atom is -0.294 e. The summed E-state index contributed by atoms with van der Waals surface area (Å²) >= 11 is 0. The van der Waals surface area contributed by atoms with Crippen LogP contribution in [0.4, 0.5) is 8.78 Å². The van der Waals surface area contributed by atoms with Gasteiger partial charge in [-0.05, 0) is 18.1 Å². The Labute approximate surface area is 88.1 Å². The van der Waals surface area contributed by atoms with E-state index in [-0.39, 0.29) is 12.3 Å². The molecule has 3 heteroatoms. The SMILES string of the molecule is CCC(C)CC(=O)c1c(F)cccc1F. The van der Waals surface area contributed by atoms with Gasteiger partial charge in [0.25, 0.3) is 0 Å². The smallest absolute Gasteiger partial charge is 0.169 e. The van der Waals surface area contributed by atoms with E-state index in [0.717, 1.165) is 18.6 Å². The molecule has 0 amide bonds. The van der Waals surface area contributed by atoms with E-state index in [1.54, 1.807) is 0 Å². The van der Waals surface area contributed by atoms with Crippen molar-refractivity contribution in [3.63, 3.8) is 0 Å². The molecule has 1 nitrogen and oxygen atoms in total. The second-order valence-corrected chi connectivity index (χ2v) is 3.74. The van der Waals surface area contributed by atoms with E-state index in [1.807, 2.05) is 13.8 Å². The number of Topliss-reactive ketones (excluding diaryl/α,β-unsaturated/α-hetero) is 1. The lowest BCUT2D eigenvalue weighted by Crippen LogP contribution is -2.09. The third kappa shape index (κ3) is 2.85. The summed E-state index contributed by atoms with van der Waals surface area (Å²) in [5.41, 5.74) is -0.405. The number of hydrogen-bond donors (Lipinski definition) is 0. The predicted octanol–water partition coefficient (Wildman–Crippen LogP) is 3.58. The van der Waals surface area contributed by atoms with Gasteiger partial charge in [0.15, 0.2) is 5.78 Å². The van der Waals surface area contributed by atoms with Crippen LogP contribution in [0.25, 0.3) is 0 Å². The molecule has 0 saturated carbocycles.